The Balaban J connectivity index is 1.74. The number of nitrogens with zero attached hydrogens (tertiary/aromatic N) is 5. The number of benzene rings is 1. The summed E-state index contributed by atoms with van der Waals surface area (Å²) in [6.07, 6.45) is 4.94. The van der Waals surface area contributed by atoms with Crippen molar-refractivity contribution in [1.82, 2.24) is 24.7 Å². The van der Waals surface area contributed by atoms with Crippen molar-refractivity contribution in [1.29, 1.82) is 0 Å². The summed E-state index contributed by atoms with van der Waals surface area (Å²) in [4.78, 5) is 13.4. The molecule has 5 rings (SSSR count). The number of H-pyrrole nitrogens is 1. The maximum Gasteiger partial charge on any atom is 0.212 e. The lowest BCUT2D eigenvalue weighted by molar-refractivity contribution is 0.628. The molecule has 25 heavy (non-hydrogen) atoms. The third kappa shape index (κ3) is 2.08. The van der Waals surface area contributed by atoms with Gasteiger partial charge in [0, 0.05) is 23.5 Å². The molecule has 1 aliphatic heterocycles. The molecule has 1 aromatic carbocycles. The smallest absolute Gasteiger partial charge is 0.212 e. The fourth-order valence-corrected chi connectivity index (χ4v) is 3.16. The van der Waals surface area contributed by atoms with Crippen LogP contribution in [0.15, 0.2) is 60.0 Å². The number of pyridine rings is 1. The Hall–Kier alpha value is -3.68. The van der Waals surface area contributed by atoms with E-state index in [2.05, 4.69) is 30.5 Å². The van der Waals surface area contributed by atoms with Gasteiger partial charge in [0.15, 0.2) is 12.1 Å². The van der Waals surface area contributed by atoms with Crippen LogP contribution in [0.4, 0.5) is 5.95 Å². The van der Waals surface area contributed by atoms with Crippen molar-refractivity contribution in [3.63, 3.8) is 0 Å². The number of hydrogen-bond acceptors (Lipinski definition) is 6. The molecule has 0 spiro atoms. The monoisotopic (exact) mass is 330 g/mol. The molecule has 0 fully saturated rings. The molecule has 1 atom stereocenters. The second-order valence-electron chi connectivity index (χ2n) is 5.75. The van der Waals surface area contributed by atoms with Crippen molar-refractivity contribution in [2.75, 3.05) is 5.32 Å². The first-order valence-corrected chi connectivity index (χ1v) is 7.82. The molecule has 3 aromatic heterocycles. The average molecular weight is 330 g/mol. The topological polar surface area (TPSA) is 110 Å². The van der Waals surface area contributed by atoms with E-state index in [0.717, 1.165) is 27.9 Å². The van der Waals surface area contributed by atoms with Crippen molar-refractivity contribution < 1.29 is 0 Å². The highest BCUT2D eigenvalue weighted by atomic mass is 15.4. The Labute approximate surface area is 142 Å². The van der Waals surface area contributed by atoms with Gasteiger partial charge in [0.05, 0.1) is 22.9 Å². The van der Waals surface area contributed by atoms with Gasteiger partial charge in [-0.05, 0) is 24.3 Å². The summed E-state index contributed by atoms with van der Waals surface area (Å²) in [5, 5.41) is 10.3. The second-order valence-corrected chi connectivity index (χ2v) is 5.75. The molecule has 1 aliphatic rings. The molecule has 8 nitrogen and oxygen atoms in total. The SMILES string of the molecule is NC1=NC(c2cn[nH]c2-c2cccnc2)n2c(nc3ccccc32)N1. The minimum Gasteiger partial charge on any atom is -0.370 e. The summed E-state index contributed by atoms with van der Waals surface area (Å²) in [5.41, 5.74) is 10.6. The number of aromatic nitrogens is 5. The van der Waals surface area contributed by atoms with Gasteiger partial charge in [-0.15, -0.1) is 0 Å². The largest absolute Gasteiger partial charge is 0.370 e. The number of hydrogen-bond donors (Lipinski definition) is 3. The number of nitrogens with one attached hydrogen (secondary N) is 2. The van der Waals surface area contributed by atoms with E-state index in [4.69, 9.17) is 5.73 Å². The molecule has 0 saturated heterocycles. The molecule has 4 aromatic rings. The van der Waals surface area contributed by atoms with E-state index in [-0.39, 0.29) is 6.17 Å². The third-order valence-corrected chi connectivity index (χ3v) is 4.24. The lowest BCUT2D eigenvalue weighted by Gasteiger charge is -2.23. The highest BCUT2D eigenvalue weighted by molar-refractivity contribution is 5.94. The summed E-state index contributed by atoms with van der Waals surface area (Å²) < 4.78 is 2.02. The van der Waals surface area contributed by atoms with Gasteiger partial charge in [0.2, 0.25) is 5.95 Å². The molecule has 1 unspecified atom stereocenters. The minimum atomic E-state index is -0.363. The van der Waals surface area contributed by atoms with Crippen LogP contribution in [0.25, 0.3) is 22.3 Å². The van der Waals surface area contributed by atoms with Gasteiger partial charge in [-0.25, -0.2) is 9.98 Å². The maximum atomic E-state index is 6.00. The first-order chi connectivity index (χ1) is 12.3. The number of fused-ring (bicyclic) bond motifs is 3. The number of imidazole rings is 1. The van der Waals surface area contributed by atoms with E-state index in [0.29, 0.717) is 11.9 Å². The van der Waals surface area contributed by atoms with E-state index >= 15 is 0 Å². The summed E-state index contributed by atoms with van der Waals surface area (Å²) in [6, 6.07) is 11.8. The molecule has 4 N–H and O–H groups in total. The van der Waals surface area contributed by atoms with Crippen LogP contribution >= 0.6 is 0 Å². The number of aromatic amines is 1. The predicted molar refractivity (Wildman–Crippen MR) is 94.9 cm³/mol. The zero-order valence-corrected chi connectivity index (χ0v) is 13.1. The van der Waals surface area contributed by atoms with Crippen molar-refractivity contribution in [3.05, 3.63) is 60.6 Å². The normalized spacial score (nSPS) is 16.3. The highest BCUT2D eigenvalue weighted by Gasteiger charge is 2.28. The number of rotatable bonds is 2. The van der Waals surface area contributed by atoms with Crippen LogP contribution in [-0.2, 0) is 0 Å². The molecule has 0 bridgehead atoms. The quantitative estimate of drug-likeness (QED) is 0.521. The maximum absolute atomic E-state index is 6.00. The Kier molecular flexibility index (Phi) is 2.84. The zero-order chi connectivity index (χ0) is 16.8. The molecular formula is C17H14N8. The van der Waals surface area contributed by atoms with E-state index in [1.54, 1.807) is 18.6 Å². The lowest BCUT2D eigenvalue weighted by Crippen LogP contribution is -2.31. The van der Waals surface area contributed by atoms with Gasteiger partial charge in [-0.2, -0.15) is 5.10 Å². The summed E-state index contributed by atoms with van der Waals surface area (Å²) >= 11 is 0. The van der Waals surface area contributed by atoms with Crippen molar-refractivity contribution in [3.8, 4) is 11.3 Å². The van der Waals surface area contributed by atoms with E-state index in [1.807, 2.05) is 41.0 Å². The zero-order valence-electron chi connectivity index (χ0n) is 13.1. The van der Waals surface area contributed by atoms with Gasteiger partial charge in [-0.3, -0.25) is 20.0 Å². The van der Waals surface area contributed by atoms with Crippen LogP contribution in [0.1, 0.15) is 11.7 Å². The van der Waals surface area contributed by atoms with E-state index < -0.39 is 0 Å². The Bertz CT molecular complexity index is 1090. The van der Waals surface area contributed by atoms with Gasteiger partial charge in [0.25, 0.3) is 0 Å². The molecule has 122 valence electrons. The standard InChI is InChI=1S/C17H14N8/c18-16-22-15(11-9-20-24-14(11)10-4-3-7-19-8-10)25-13-6-2-1-5-12(13)21-17(25)23-16/h1-9,15H,(H,20,24)(H3,18,21,22,23). The summed E-state index contributed by atoms with van der Waals surface area (Å²) in [5.74, 6) is 0.989. The van der Waals surface area contributed by atoms with Gasteiger partial charge < -0.3 is 5.73 Å². The number of guanidine groups is 1. The molecule has 4 heterocycles. The third-order valence-electron chi connectivity index (χ3n) is 4.24. The van der Waals surface area contributed by atoms with Crippen LogP contribution in [-0.4, -0.2) is 30.7 Å². The predicted octanol–water partition coefficient (Wildman–Crippen LogP) is 2.11. The van der Waals surface area contributed by atoms with Crippen molar-refractivity contribution >= 4 is 22.9 Å². The number of anilines is 1. The van der Waals surface area contributed by atoms with E-state index in [9.17, 15) is 0 Å². The first kappa shape index (κ1) is 13.7. The number of aliphatic imine (C=N–C) groups is 1. The molecular weight excluding hydrogens is 316 g/mol. The summed E-state index contributed by atoms with van der Waals surface area (Å²) in [7, 11) is 0. The van der Waals surface area contributed by atoms with Gasteiger partial charge in [0.1, 0.15) is 0 Å². The van der Waals surface area contributed by atoms with Gasteiger partial charge >= 0.3 is 0 Å². The molecule has 0 saturated carbocycles. The van der Waals surface area contributed by atoms with Crippen LogP contribution < -0.4 is 11.1 Å². The Morgan fingerprint density at radius 2 is 2.00 bits per heavy atom. The van der Waals surface area contributed by atoms with Crippen LogP contribution in [0.2, 0.25) is 0 Å². The van der Waals surface area contributed by atoms with Crippen molar-refractivity contribution in [2.24, 2.45) is 10.7 Å². The summed E-state index contributed by atoms with van der Waals surface area (Å²) in [6.45, 7) is 0. The van der Waals surface area contributed by atoms with Crippen LogP contribution in [0.5, 0.6) is 0 Å². The Morgan fingerprint density at radius 3 is 2.88 bits per heavy atom. The number of nitrogens with two attached hydrogens (primary N) is 1. The molecule has 0 radical (unpaired) electrons. The molecule has 8 heteroatoms. The van der Waals surface area contributed by atoms with Crippen LogP contribution in [0.3, 0.4) is 0 Å². The fraction of sp³-hybridized carbons (Fsp3) is 0.0588. The first-order valence-electron chi connectivity index (χ1n) is 7.82. The van der Waals surface area contributed by atoms with Crippen molar-refractivity contribution in [2.45, 2.75) is 6.17 Å². The molecule has 0 amide bonds. The minimum absolute atomic E-state index is 0.325. The van der Waals surface area contributed by atoms with Gasteiger partial charge in [-0.1, -0.05) is 12.1 Å². The Morgan fingerprint density at radius 1 is 1.08 bits per heavy atom. The van der Waals surface area contributed by atoms with Crippen LogP contribution in [0, 0.1) is 0 Å². The van der Waals surface area contributed by atoms with E-state index in [1.165, 1.54) is 0 Å². The fourth-order valence-electron chi connectivity index (χ4n) is 3.16. The average Bonchev–Trinajstić information content (AvgIpc) is 3.26. The number of para-hydroxylation sites is 2. The molecule has 0 aliphatic carbocycles. The lowest BCUT2D eigenvalue weighted by atomic mass is 10.1. The highest BCUT2D eigenvalue weighted by Crippen LogP contribution is 2.35. The second kappa shape index (κ2) is 5.17.